The molecule has 2 atom stereocenters. The lowest BCUT2D eigenvalue weighted by Gasteiger charge is -2.45. The Morgan fingerprint density at radius 3 is 2.22 bits per heavy atom. The number of hydrogen-bond donors (Lipinski definition) is 3. The molecule has 0 saturated carbocycles. The lowest BCUT2D eigenvalue weighted by Crippen LogP contribution is -2.59. The number of thiol groups is 1. The molecular formula is C25H32F3N3O4S2. The van der Waals surface area contributed by atoms with E-state index in [1.165, 1.54) is 34.6 Å². The lowest BCUT2D eigenvalue weighted by molar-refractivity contribution is -0.258. The molecule has 0 radical (unpaired) electrons. The summed E-state index contributed by atoms with van der Waals surface area (Å²) in [4.78, 5) is 4.68. The van der Waals surface area contributed by atoms with Crippen molar-refractivity contribution in [1.82, 2.24) is 9.21 Å². The van der Waals surface area contributed by atoms with Crippen LogP contribution in [0.3, 0.4) is 0 Å². The molecule has 2 heterocycles. The number of sulfonamides is 1. The standard InChI is InChI=1S/C25H32F3N3O4S2/c1-24(33,25(26,27)28)18-6-8-19(9-7-18)31-15-14-30(37(34,35)23-5-3-2-4-22(23)36)17-20(31)16-29-12-10-21(32)11-13-29/h2-9,20-21,32-33,36H,10-17H2,1H3/t20-,24?/m0/s1. The first-order valence-electron chi connectivity index (χ1n) is 12.2. The van der Waals surface area contributed by atoms with Crippen LogP contribution in [0.25, 0.3) is 0 Å². The quantitative estimate of drug-likeness (QED) is 0.472. The topological polar surface area (TPSA) is 84.3 Å². The highest BCUT2D eigenvalue weighted by Crippen LogP contribution is 2.39. The van der Waals surface area contributed by atoms with Crippen LogP contribution in [0, 0.1) is 0 Å². The predicted molar refractivity (Wildman–Crippen MR) is 137 cm³/mol. The van der Waals surface area contributed by atoms with E-state index in [2.05, 4.69) is 17.5 Å². The molecule has 2 aromatic rings. The zero-order valence-corrected chi connectivity index (χ0v) is 22.2. The smallest absolute Gasteiger partial charge is 0.393 e. The first-order chi connectivity index (χ1) is 17.3. The maximum atomic E-state index is 13.5. The fraction of sp³-hybridized carbons (Fsp3) is 0.520. The van der Waals surface area contributed by atoms with Crippen molar-refractivity contribution in [2.24, 2.45) is 0 Å². The second-order valence-electron chi connectivity index (χ2n) is 9.83. The van der Waals surface area contributed by atoms with Crippen LogP contribution in [-0.2, 0) is 15.6 Å². The molecule has 2 aliphatic rings. The minimum Gasteiger partial charge on any atom is -0.393 e. The number of alkyl halides is 3. The van der Waals surface area contributed by atoms with Crippen LogP contribution in [0.2, 0.25) is 0 Å². The molecule has 2 aliphatic heterocycles. The molecule has 0 bridgehead atoms. The van der Waals surface area contributed by atoms with Crippen molar-refractivity contribution in [3.05, 3.63) is 54.1 Å². The summed E-state index contributed by atoms with van der Waals surface area (Å²) in [5, 5.41) is 19.9. The van der Waals surface area contributed by atoms with Crippen molar-refractivity contribution >= 4 is 28.3 Å². The number of rotatable bonds is 6. The number of aliphatic hydroxyl groups excluding tert-OH is 1. The zero-order valence-electron chi connectivity index (χ0n) is 20.5. The number of benzene rings is 2. The van der Waals surface area contributed by atoms with Crippen molar-refractivity contribution in [3.63, 3.8) is 0 Å². The first-order valence-corrected chi connectivity index (χ1v) is 14.0. The van der Waals surface area contributed by atoms with E-state index in [1.807, 2.05) is 4.90 Å². The van der Waals surface area contributed by atoms with Crippen molar-refractivity contribution in [2.45, 2.75) is 53.5 Å². The third-order valence-electron chi connectivity index (χ3n) is 7.27. The van der Waals surface area contributed by atoms with E-state index < -0.39 is 21.8 Å². The molecular weight excluding hydrogens is 527 g/mol. The van der Waals surface area contributed by atoms with Gasteiger partial charge in [-0.25, -0.2) is 8.42 Å². The number of aliphatic hydroxyl groups is 2. The number of anilines is 1. The normalized spacial score (nSPS) is 22.7. The predicted octanol–water partition coefficient (Wildman–Crippen LogP) is 3.08. The Morgan fingerprint density at radius 2 is 1.62 bits per heavy atom. The molecule has 2 aromatic carbocycles. The summed E-state index contributed by atoms with van der Waals surface area (Å²) >= 11 is 4.33. The van der Waals surface area contributed by atoms with Crippen LogP contribution in [0.4, 0.5) is 18.9 Å². The van der Waals surface area contributed by atoms with Gasteiger partial charge in [-0.1, -0.05) is 24.3 Å². The number of piperidine rings is 1. The van der Waals surface area contributed by atoms with Gasteiger partial charge in [-0.05, 0) is 49.6 Å². The monoisotopic (exact) mass is 559 g/mol. The summed E-state index contributed by atoms with van der Waals surface area (Å²) in [7, 11) is -3.81. The van der Waals surface area contributed by atoms with Gasteiger partial charge in [0, 0.05) is 49.9 Å². The number of nitrogens with zero attached hydrogens (tertiary/aromatic N) is 3. The summed E-state index contributed by atoms with van der Waals surface area (Å²) in [6.45, 7) is 3.31. The Hall–Kier alpha value is -1.83. The fourth-order valence-corrected chi connectivity index (χ4v) is 6.95. The Bertz CT molecular complexity index is 1180. The van der Waals surface area contributed by atoms with Crippen LogP contribution in [0.1, 0.15) is 25.3 Å². The number of piperazine rings is 1. The van der Waals surface area contributed by atoms with E-state index in [0.29, 0.717) is 49.6 Å². The Labute approximate surface area is 221 Å². The Morgan fingerprint density at radius 1 is 1.00 bits per heavy atom. The van der Waals surface area contributed by atoms with Gasteiger partial charge in [0.15, 0.2) is 5.60 Å². The second-order valence-corrected chi connectivity index (χ2v) is 12.2. The van der Waals surface area contributed by atoms with Crippen molar-refractivity contribution < 1.29 is 31.8 Å². The van der Waals surface area contributed by atoms with E-state index in [9.17, 15) is 31.8 Å². The van der Waals surface area contributed by atoms with Crippen molar-refractivity contribution in [1.29, 1.82) is 0 Å². The van der Waals surface area contributed by atoms with Crippen LogP contribution < -0.4 is 4.90 Å². The molecule has 2 N–H and O–H groups in total. The first kappa shape index (κ1) is 28.2. The van der Waals surface area contributed by atoms with Crippen LogP contribution >= 0.6 is 12.6 Å². The average Bonchev–Trinajstić information content (AvgIpc) is 2.85. The van der Waals surface area contributed by atoms with Gasteiger partial charge in [0.05, 0.1) is 17.0 Å². The lowest BCUT2D eigenvalue weighted by atomic mass is 9.95. The van der Waals surface area contributed by atoms with Gasteiger partial charge in [-0.3, -0.25) is 0 Å². The Balaban J connectivity index is 1.60. The third kappa shape index (κ3) is 5.94. The van der Waals surface area contributed by atoms with E-state index >= 15 is 0 Å². The minimum absolute atomic E-state index is 0.130. The van der Waals surface area contributed by atoms with Crippen LogP contribution in [0.5, 0.6) is 0 Å². The van der Waals surface area contributed by atoms with Gasteiger partial charge < -0.3 is 20.0 Å². The second kappa shape index (κ2) is 10.7. The fourth-order valence-electron chi connectivity index (χ4n) is 4.90. The highest BCUT2D eigenvalue weighted by Gasteiger charge is 2.51. The highest BCUT2D eigenvalue weighted by atomic mass is 32.2. The largest absolute Gasteiger partial charge is 0.421 e. The van der Waals surface area contributed by atoms with E-state index in [0.717, 1.165) is 6.92 Å². The molecule has 0 spiro atoms. The minimum atomic E-state index is -4.82. The van der Waals surface area contributed by atoms with Crippen molar-refractivity contribution in [3.8, 4) is 0 Å². The molecule has 7 nitrogen and oxygen atoms in total. The Kier molecular flexibility index (Phi) is 8.18. The number of hydrogen-bond acceptors (Lipinski definition) is 7. The van der Waals surface area contributed by atoms with Crippen LogP contribution in [0.15, 0.2) is 58.3 Å². The average molecular weight is 560 g/mol. The zero-order chi connectivity index (χ0) is 27.0. The van der Waals surface area contributed by atoms with Gasteiger partial charge >= 0.3 is 6.18 Å². The molecule has 0 amide bonds. The summed E-state index contributed by atoms with van der Waals surface area (Å²) in [6, 6.07) is 11.8. The molecule has 2 saturated heterocycles. The SMILES string of the molecule is CC(O)(c1ccc(N2CCN(S(=O)(=O)c3ccccc3S)C[C@@H]2CN2CCC(O)CC2)cc1)C(F)(F)F. The molecule has 0 aromatic heterocycles. The summed E-state index contributed by atoms with van der Waals surface area (Å²) in [5.41, 5.74) is -2.60. The van der Waals surface area contributed by atoms with E-state index in [1.54, 1.807) is 18.2 Å². The van der Waals surface area contributed by atoms with Crippen molar-refractivity contribution in [2.75, 3.05) is 44.2 Å². The molecule has 4 rings (SSSR count). The maximum absolute atomic E-state index is 13.5. The summed E-state index contributed by atoms with van der Waals surface area (Å²) in [5.74, 6) is 0. The molecule has 0 aliphatic carbocycles. The molecule has 204 valence electrons. The molecule has 2 fully saturated rings. The van der Waals surface area contributed by atoms with Crippen LogP contribution in [-0.4, -0.2) is 85.4 Å². The van der Waals surface area contributed by atoms with E-state index in [4.69, 9.17) is 0 Å². The summed E-state index contributed by atoms with van der Waals surface area (Å²) in [6.07, 6.45) is -3.91. The number of halogens is 3. The molecule has 12 heteroatoms. The molecule has 37 heavy (non-hydrogen) atoms. The van der Waals surface area contributed by atoms with E-state index in [-0.39, 0.29) is 35.7 Å². The van der Waals surface area contributed by atoms with Gasteiger partial charge in [0.2, 0.25) is 10.0 Å². The van der Waals surface area contributed by atoms with Gasteiger partial charge in [0.25, 0.3) is 0 Å². The number of likely N-dealkylation sites (tertiary alicyclic amines) is 1. The maximum Gasteiger partial charge on any atom is 0.421 e. The van der Waals surface area contributed by atoms with Gasteiger partial charge in [-0.2, -0.15) is 17.5 Å². The van der Waals surface area contributed by atoms with Gasteiger partial charge in [-0.15, -0.1) is 12.6 Å². The highest BCUT2D eigenvalue weighted by molar-refractivity contribution is 7.90. The van der Waals surface area contributed by atoms with Gasteiger partial charge in [0.1, 0.15) is 0 Å². The third-order valence-corrected chi connectivity index (χ3v) is 9.73. The molecule has 1 unspecified atom stereocenters. The summed E-state index contributed by atoms with van der Waals surface area (Å²) < 4.78 is 68.2.